The number of benzene rings is 2. The number of esters is 1. The molecule has 0 spiro atoms. The molecule has 5 rings (SSSR count). The summed E-state index contributed by atoms with van der Waals surface area (Å²) in [6.07, 6.45) is 3.04. The molecule has 2 heterocycles. The van der Waals surface area contributed by atoms with Gasteiger partial charge >= 0.3 is 11.6 Å². The molecule has 4 aromatic rings. The van der Waals surface area contributed by atoms with Gasteiger partial charge in [0.15, 0.2) is 0 Å². The number of aromatic nitrogens is 1. The molecule has 0 amide bonds. The van der Waals surface area contributed by atoms with Crippen molar-refractivity contribution in [1.82, 2.24) is 4.98 Å². The zero-order valence-electron chi connectivity index (χ0n) is 15.5. The lowest BCUT2D eigenvalue weighted by molar-refractivity contribution is 0.0476. The Balaban J connectivity index is 1.51. The second-order valence-corrected chi connectivity index (χ2v) is 7.23. The molecule has 0 aliphatic heterocycles. The monoisotopic (exact) mass is 387 g/mol. The molecule has 0 atom stereocenters. The molecule has 2 aromatic carbocycles. The third-order valence-electron chi connectivity index (χ3n) is 5.37. The first-order valence-electron chi connectivity index (χ1n) is 9.46. The molecule has 6 nitrogen and oxygen atoms in total. The zero-order chi connectivity index (χ0) is 20.0. The molecule has 1 aliphatic rings. The Morgan fingerprint density at radius 2 is 1.79 bits per heavy atom. The van der Waals surface area contributed by atoms with Crippen molar-refractivity contribution in [2.75, 3.05) is 0 Å². The van der Waals surface area contributed by atoms with Crippen LogP contribution in [0.5, 0.6) is 0 Å². The Labute approximate surface area is 164 Å². The highest BCUT2D eigenvalue weighted by Gasteiger charge is 2.17. The molecule has 0 radical (unpaired) electrons. The topological polar surface area (TPSA) is 89.4 Å². The fourth-order valence-electron chi connectivity index (χ4n) is 4.01. The number of fused-ring (bicyclic) bond motifs is 3. The first-order valence-corrected chi connectivity index (χ1v) is 9.46. The van der Waals surface area contributed by atoms with Crippen LogP contribution in [0, 0.1) is 0 Å². The van der Waals surface area contributed by atoms with Crippen molar-refractivity contribution in [1.29, 1.82) is 0 Å². The minimum Gasteiger partial charge on any atom is -0.457 e. The molecule has 1 aliphatic carbocycles. The van der Waals surface area contributed by atoms with Crippen molar-refractivity contribution in [3.8, 4) is 0 Å². The average molecular weight is 387 g/mol. The Morgan fingerprint density at radius 3 is 2.66 bits per heavy atom. The van der Waals surface area contributed by atoms with Gasteiger partial charge in [0.25, 0.3) is 0 Å². The van der Waals surface area contributed by atoms with Crippen LogP contribution in [0.3, 0.4) is 0 Å². The number of ether oxygens (including phenoxy) is 1. The van der Waals surface area contributed by atoms with E-state index in [2.05, 4.69) is 4.98 Å². The number of pyridine rings is 1. The van der Waals surface area contributed by atoms with E-state index in [1.54, 1.807) is 24.3 Å². The van der Waals surface area contributed by atoms with E-state index in [9.17, 15) is 14.4 Å². The van der Waals surface area contributed by atoms with Crippen molar-refractivity contribution in [2.24, 2.45) is 0 Å². The summed E-state index contributed by atoms with van der Waals surface area (Å²) in [7, 11) is 0. The highest BCUT2D eigenvalue weighted by atomic mass is 16.5. The van der Waals surface area contributed by atoms with Gasteiger partial charge in [-0.15, -0.1) is 0 Å². The number of aryl methyl sites for hydroxylation is 2. The maximum Gasteiger partial charge on any atom is 0.339 e. The van der Waals surface area contributed by atoms with Crippen LogP contribution in [0.1, 0.15) is 33.5 Å². The van der Waals surface area contributed by atoms with Crippen LogP contribution >= 0.6 is 0 Å². The standard InChI is InChI=1S/C23H17NO5/c25-21-11-18(16-6-1-2-7-19(16)24-21)23(27)28-12-15-10-22(26)29-20-9-14-5-3-4-13(14)8-17(15)20/h1-2,6-11H,3-5,12H2,(H,24,25). The van der Waals surface area contributed by atoms with E-state index >= 15 is 0 Å². The van der Waals surface area contributed by atoms with Gasteiger partial charge in [-0.1, -0.05) is 18.2 Å². The Kier molecular flexibility index (Phi) is 4.05. The molecular formula is C23H17NO5. The van der Waals surface area contributed by atoms with Crippen LogP contribution in [0.2, 0.25) is 0 Å². The van der Waals surface area contributed by atoms with Crippen LogP contribution in [-0.2, 0) is 24.2 Å². The average Bonchev–Trinajstić information content (AvgIpc) is 3.16. The fraction of sp³-hybridized carbons (Fsp3) is 0.174. The van der Waals surface area contributed by atoms with E-state index in [-0.39, 0.29) is 17.7 Å². The van der Waals surface area contributed by atoms with E-state index < -0.39 is 11.6 Å². The Morgan fingerprint density at radius 1 is 1.00 bits per heavy atom. The minimum atomic E-state index is -0.616. The lowest BCUT2D eigenvalue weighted by Crippen LogP contribution is -2.13. The molecule has 0 saturated heterocycles. The van der Waals surface area contributed by atoms with Crippen molar-refractivity contribution in [3.63, 3.8) is 0 Å². The molecule has 144 valence electrons. The molecule has 0 bridgehead atoms. The summed E-state index contributed by atoms with van der Waals surface area (Å²) in [4.78, 5) is 39.3. The molecule has 2 aromatic heterocycles. The Bertz CT molecular complexity index is 1400. The summed E-state index contributed by atoms with van der Waals surface area (Å²) >= 11 is 0. The number of aromatic amines is 1. The molecule has 6 heteroatoms. The van der Waals surface area contributed by atoms with Gasteiger partial charge in [0.05, 0.1) is 5.56 Å². The lowest BCUT2D eigenvalue weighted by Gasteiger charge is -2.10. The molecule has 0 unspecified atom stereocenters. The maximum absolute atomic E-state index is 12.7. The highest BCUT2D eigenvalue weighted by Crippen LogP contribution is 2.29. The largest absolute Gasteiger partial charge is 0.457 e. The van der Waals surface area contributed by atoms with Gasteiger partial charge in [0.1, 0.15) is 12.2 Å². The third-order valence-corrected chi connectivity index (χ3v) is 5.37. The SMILES string of the molecule is O=C(OCc1cc(=O)oc2cc3c(cc12)CCC3)c1cc(=O)[nH]c2ccccc12. The van der Waals surface area contributed by atoms with E-state index in [1.807, 2.05) is 12.1 Å². The predicted molar refractivity (Wildman–Crippen MR) is 108 cm³/mol. The smallest absolute Gasteiger partial charge is 0.339 e. The number of para-hydroxylation sites is 1. The first-order chi connectivity index (χ1) is 14.1. The summed E-state index contributed by atoms with van der Waals surface area (Å²) in [5, 5.41) is 1.38. The normalized spacial score (nSPS) is 13.0. The summed E-state index contributed by atoms with van der Waals surface area (Å²) < 4.78 is 10.8. The van der Waals surface area contributed by atoms with E-state index in [4.69, 9.17) is 9.15 Å². The summed E-state index contributed by atoms with van der Waals surface area (Å²) in [6.45, 7) is -0.0825. The predicted octanol–water partition coefficient (Wildman–Crippen LogP) is 3.48. The van der Waals surface area contributed by atoms with Crippen LogP contribution < -0.4 is 11.2 Å². The molecular weight excluding hydrogens is 370 g/mol. The van der Waals surface area contributed by atoms with Gasteiger partial charge in [-0.3, -0.25) is 4.79 Å². The van der Waals surface area contributed by atoms with Crippen molar-refractivity contribution in [2.45, 2.75) is 25.9 Å². The summed E-state index contributed by atoms with van der Waals surface area (Å²) in [6, 6.07) is 13.6. The van der Waals surface area contributed by atoms with Crippen molar-refractivity contribution < 1.29 is 13.9 Å². The van der Waals surface area contributed by atoms with Crippen LogP contribution in [0.15, 0.2) is 62.5 Å². The number of rotatable bonds is 3. The summed E-state index contributed by atoms with van der Waals surface area (Å²) in [5.41, 5.74) is 3.43. The number of H-pyrrole nitrogens is 1. The van der Waals surface area contributed by atoms with Gasteiger partial charge in [-0.2, -0.15) is 0 Å². The molecule has 1 N–H and O–H groups in total. The number of hydrogen-bond acceptors (Lipinski definition) is 5. The summed E-state index contributed by atoms with van der Waals surface area (Å²) in [5.74, 6) is -0.616. The van der Waals surface area contributed by atoms with Gasteiger partial charge < -0.3 is 14.1 Å². The van der Waals surface area contributed by atoms with E-state index in [0.717, 1.165) is 24.6 Å². The second kappa shape index (κ2) is 6.74. The lowest BCUT2D eigenvalue weighted by atomic mass is 10.0. The van der Waals surface area contributed by atoms with Crippen molar-refractivity contribution in [3.05, 3.63) is 91.6 Å². The molecule has 0 fully saturated rings. The van der Waals surface area contributed by atoms with Gasteiger partial charge in [-0.05, 0) is 48.6 Å². The zero-order valence-corrected chi connectivity index (χ0v) is 15.5. The number of carbonyl (C=O) groups is 1. The maximum atomic E-state index is 12.7. The third kappa shape index (κ3) is 3.12. The van der Waals surface area contributed by atoms with Crippen LogP contribution in [0.25, 0.3) is 21.9 Å². The highest BCUT2D eigenvalue weighted by molar-refractivity contribution is 6.03. The fourth-order valence-corrected chi connectivity index (χ4v) is 4.01. The van der Waals surface area contributed by atoms with Gasteiger partial charge in [-0.25, -0.2) is 9.59 Å². The minimum absolute atomic E-state index is 0.0825. The van der Waals surface area contributed by atoms with Crippen LogP contribution in [-0.4, -0.2) is 11.0 Å². The van der Waals surface area contributed by atoms with Gasteiger partial charge in [0, 0.05) is 34.0 Å². The van der Waals surface area contributed by atoms with E-state index in [0.29, 0.717) is 22.0 Å². The second-order valence-electron chi connectivity index (χ2n) is 7.23. The quantitative estimate of drug-likeness (QED) is 0.429. The van der Waals surface area contributed by atoms with E-state index in [1.165, 1.54) is 23.3 Å². The number of hydrogen-bond donors (Lipinski definition) is 1. The number of carbonyl (C=O) groups excluding carboxylic acids is 1. The number of nitrogens with one attached hydrogen (secondary N) is 1. The Hall–Kier alpha value is -3.67. The molecule has 0 saturated carbocycles. The molecule has 29 heavy (non-hydrogen) atoms. The van der Waals surface area contributed by atoms with Crippen molar-refractivity contribution >= 4 is 27.8 Å². The van der Waals surface area contributed by atoms with Gasteiger partial charge in [0.2, 0.25) is 5.56 Å². The first kappa shape index (κ1) is 17.4. The van der Waals surface area contributed by atoms with Crippen LogP contribution in [0.4, 0.5) is 0 Å².